The van der Waals surface area contributed by atoms with Crippen LogP contribution in [0.4, 0.5) is 10.1 Å². The standard InChI is InChI=1S/C18H21FN4O2/c1-2-25-16-6-4-3-5-14(16)20-18-21-17(24)15(22-23-18)11-12-7-9-13(19)10-8-12/h3-10,15,18,20,22-23H,2,11H2,1H3,(H,21,24). The molecule has 132 valence electrons. The van der Waals surface area contributed by atoms with E-state index in [1.54, 1.807) is 12.1 Å². The second-order valence-electron chi connectivity index (χ2n) is 5.69. The first-order valence-corrected chi connectivity index (χ1v) is 8.20. The van der Waals surface area contributed by atoms with E-state index in [0.717, 1.165) is 17.0 Å². The van der Waals surface area contributed by atoms with Gasteiger partial charge in [-0.2, -0.15) is 0 Å². The zero-order valence-electron chi connectivity index (χ0n) is 13.9. The van der Waals surface area contributed by atoms with E-state index in [1.165, 1.54) is 12.1 Å². The lowest BCUT2D eigenvalue weighted by Gasteiger charge is -2.32. The number of ether oxygens (including phenoxy) is 1. The van der Waals surface area contributed by atoms with Gasteiger partial charge in [-0.3, -0.25) is 4.79 Å². The van der Waals surface area contributed by atoms with Gasteiger partial charge in [-0.25, -0.2) is 15.2 Å². The number of carbonyl (C=O) groups excluding carboxylic acids is 1. The third-order valence-electron chi connectivity index (χ3n) is 3.84. The van der Waals surface area contributed by atoms with E-state index in [1.807, 2.05) is 31.2 Å². The fourth-order valence-electron chi connectivity index (χ4n) is 2.62. The van der Waals surface area contributed by atoms with Crippen LogP contribution in [0.1, 0.15) is 12.5 Å². The van der Waals surface area contributed by atoms with Gasteiger partial charge in [0.2, 0.25) is 5.91 Å². The van der Waals surface area contributed by atoms with Crippen LogP contribution in [-0.2, 0) is 11.2 Å². The van der Waals surface area contributed by atoms with Crippen LogP contribution in [0.3, 0.4) is 0 Å². The smallest absolute Gasteiger partial charge is 0.241 e. The van der Waals surface area contributed by atoms with Crippen molar-refractivity contribution in [2.24, 2.45) is 0 Å². The molecule has 0 radical (unpaired) electrons. The SMILES string of the molecule is CCOc1ccccc1NC1NNC(Cc2ccc(F)cc2)C(=O)N1. The molecule has 4 N–H and O–H groups in total. The van der Waals surface area contributed by atoms with E-state index in [4.69, 9.17) is 4.74 Å². The second-order valence-corrected chi connectivity index (χ2v) is 5.69. The maximum absolute atomic E-state index is 13.0. The molecule has 1 saturated heterocycles. The average Bonchev–Trinajstić information content (AvgIpc) is 2.61. The fourth-order valence-corrected chi connectivity index (χ4v) is 2.62. The monoisotopic (exact) mass is 344 g/mol. The molecule has 2 aromatic rings. The summed E-state index contributed by atoms with van der Waals surface area (Å²) in [5.74, 6) is 0.282. The molecule has 3 rings (SSSR count). The number of amides is 1. The van der Waals surface area contributed by atoms with Crippen molar-refractivity contribution in [1.82, 2.24) is 16.2 Å². The molecule has 25 heavy (non-hydrogen) atoms. The number of nitrogens with one attached hydrogen (secondary N) is 4. The highest BCUT2D eigenvalue weighted by Gasteiger charge is 2.27. The predicted octanol–water partition coefficient (Wildman–Crippen LogP) is 1.76. The molecule has 2 aromatic carbocycles. The Bertz CT molecular complexity index is 723. The van der Waals surface area contributed by atoms with Crippen LogP contribution in [0.25, 0.3) is 0 Å². The third kappa shape index (κ3) is 4.46. The highest BCUT2D eigenvalue weighted by Crippen LogP contribution is 2.24. The van der Waals surface area contributed by atoms with Gasteiger partial charge in [-0.05, 0) is 43.2 Å². The Kier molecular flexibility index (Phi) is 5.47. The first-order chi connectivity index (χ1) is 12.2. The number of halogens is 1. The third-order valence-corrected chi connectivity index (χ3v) is 3.84. The van der Waals surface area contributed by atoms with E-state index in [-0.39, 0.29) is 11.7 Å². The Morgan fingerprint density at radius 1 is 1.12 bits per heavy atom. The Morgan fingerprint density at radius 2 is 1.88 bits per heavy atom. The summed E-state index contributed by atoms with van der Waals surface area (Å²) in [5.41, 5.74) is 7.68. The summed E-state index contributed by atoms with van der Waals surface area (Å²) in [6, 6.07) is 13.2. The summed E-state index contributed by atoms with van der Waals surface area (Å²) in [4.78, 5) is 12.3. The number of anilines is 1. The Balaban J connectivity index is 1.58. The van der Waals surface area contributed by atoms with Crippen molar-refractivity contribution in [3.63, 3.8) is 0 Å². The molecule has 6 nitrogen and oxygen atoms in total. The van der Waals surface area contributed by atoms with Crippen molar-refractivity contribution in [3.05, 3.63) is 59.9 Å². The molecule has 1 heterocycles. The minimum atomic E-state index is -0.474. The summed E-state index contributed by atoms with van der Waals surface area (Å²) in [6.07, 6.45) is -0.0139. The van der Waals surface area contributed by atoms with E-state index < -0.39 is 12.3 Å². The number of benzene rings is 2. The quantitative estimate of drug-likeness (QED) is 0.643. The molecule has 0 bridgehead atoms. The highest BCUT2D eigenvalue weighted by molar-refractivity contribution is 5.83. The Labute approximate surface area is 145 Å². The maximum atomic E-state index is 13.0. The van der Waals surface area contributed by atoms with Crippen molar-refractivity contribution in [1.29, 1.82) is 0 Å². The van der Waals surface area contributed by atoms with Gasteiger partial charge in [0, 0.05) is 0 Å². The van der Waals surface area contributed by atoms with E-state index >= 15 is 0 Å². The van der Waals surface area contributed by atoms with Gasteiger partial charge in [0.05, 0.1) is 12.3 Å². The minimum absolute atomic E-state index is 0.144. The molecular weight excluding hydrogens is 323 g/mol. The largest absolute Gasteiger partial charge is 0.492 e. The first-order valence-electron chi connectivity index (χ1n) is 8.20. The lowest BCUT2D eigenvalue weighted by atomic mass is 10.1. The van der Waals surface area contributed by atoms with Gasteiger partial charge in [0.25, 0.3) is 0 Å². The van der Waals surface area contributed by atoms with Gasteiger partial charge >= 0.3 is 0 Å². The molecular formula is C18H21FN4O2. The Morgan fingerprint density at radius 3 is 2.60 bits per heavy atom. The molecule has 1 aliphatic heterocycles. The molecule has 0 saturated carbocycles. The number of rotatable bonds is 6. The maximum Gasteiger partial charge on any atom is 0.241 e. The predicted molar refractivity (Wildman–Crippen MR) is 93.3 cm³/mol. The molecule has 1 aliphatic rings. The summed E-state index contributed by atoms with van der Waals surface area (Å²) in [6.45, 7) is 2.47. The van der Waals surface area contributed by atoms with Crippen LogP contribution in [0.2, 0.25) is 0 Å². The van der Waals surface area contributed by atoms with Crippen molar-refractivity contribution < 1.29 is 13.9 Å². The molecule has 1 fully saturated rings. The molecule has 0 spiro atoms. The van der Waals surface area contributed by atoms with Crippen LogP contribution in [0.5, 0.6) is 5.75 Å². The molecule has 1 amide bonds. The highest BCUT2D eigenvalue weighted by atomic mass is 19.1. The number of para-hydroxylation sites is 2. The van der Waals surface area contributed by atoms with Crippen LogP contribution >= 0.6 is 0 Å². The second kappa shape index (κ2) is 7.96. The van der Waals surface area contributed by atoms with Crippen LogP contribution in [-0.4, -0.2) is 24.8 Å². The number of carbonyl (C=O) groups is 1. The van der Waals surface area contributed by atoms with Crippen molar-refractivity contribution >= 4 is 11.6 Å². The van der Waals surface area contributed by atoms with Crippen molar-refractivity contribution in [2.45, 2.75) is 25.7 Å². The van der Waals surface area contributed by atoms with Crippen LogP contribution in [0, 0.1) is 5.82 Å². The zero-order valence-corrected chi connectivity index (χ0v) is 13.9. The normalized spacial score (nSPS) is 20.0. The van der Waals surface area contributed by atoms with Crippen LogP contribution < -0.4 is 26.2 Å². The van der Waals surface area contributed by atoms with Gasteiger partial charge in [0.1, 0.15) is 17.6 Å². The van der Waals surface area contributed by atoms with E-state index in [9.17, 15) is 9.18 Å². The molecule has 2 unspecified atom stereocenters. The number of hydrogen-bond acceptors (Lipinski definition) is 5. The lowest BCUT2D eigenvalue weighted by Crippen LogP contribution is -2.68. The molecule has 7 heteroatoms. The zero-order chi connectivity index (χ0) is 17.6. The topological polar surface area (TPSA) is 74.4 Å². The lowest BCUT2D eigenvalue weighted by molar-refractivity contribution is -0.126. The summed E-state index contributed by atoms with van der Waals surface area (Å²) >= 11 is 0. The molecule has 0 aromatic heterocycles. The fraction of sp³-hybridized carbons (Fsp3) is 0.278. The first kappa shape index (κ1) is 17.2. The van der Waals surface area contributed by atoms with E-state index in [0.29, 0.717) is 13.0 Å². The van der Waals surface area contributed by atoms with Gasteiger partial charge < -0.3 is 15.4 Å². The van der Waals surface area contributed by atoms with E-state index in [2.05, 4.69) is 21.5 Å². The van der Waals surface area contributed by atoms with Crippen molar-refractivity contribution in [2.75, 3.05) is 11.9 Å². The van der Waals surface area contributed by atoms with Gasteiger partial charge in [-0.15, -0.1) is 0 Å². The number of hydrogen-bond donors (Lipinski definition) is 4. The summed E-state index contributed by atoms with van der Waals surface area (Å²) in [7, 11) is 0. The van der Waals surface area contributed by atoms with Crippen LogP contribution in [0.15, 0.2) is 48.5 Å². The molecule has 0 aliphatic carbocycles. The number of hydrazine groups is 1. The Hall–Kier alpha value is -2.64. The van der Waals surface area contributed by atoms with Crippen molar-refractivity contribution in [3.8, 4) is 5.75 Å². The summed E-state index contributed by atoms with van der Waals surface area (Å²) < 4.78 is 18.5. The van der Waals surface area contributed by atoms with Gasteiger partial charge in [-0.1, -0.05) is 24.3 Å². The summed E-state index contributed by atoms with van der Waals surface area (Å²) in [5, 5.41) is 6.04. The minimum Gasteiger partial charge on any atom is -0.492 e. The van der Waals surface area contributed by atoms with Gasteiger partial charge in [0.15, 0.2) is 6.29 Å². The average molecular weight is 344 g/mol. The molecule has 2 atom stereocenters.